The highest BCUT2D eigenvalue weighted by atomic mass is 16.5. The predicted molar refractivity (Wildman–Crippen MR) is 137 cm³/mol. The number of rotatable bonds is 6. The van der Waals surface area contributed by atoms with Crippen LogP contribution in [0, 0.1) is 0 Å². The number of fused-ring (bicyclic) bond motifs is 3. The molecule has 3 aromatic carbocycles. The van der Waals surface area contributed by atoms with Gasteiger partial charge in [0.05, 0.1) is 20.3 Å². The number of hydrogen-bond acceptors (Lipinski definition) is 7. The Balaban J connectivity index is 1.34. The number of benzene rings is 3. The van der Waals surface area contributed by atoms with Gasteiger partial charge in [-0.15, -0.1) is 15.3 Å². The van der Waals surface area contributed by atoms with Gasteiger partial charge in [0.25, 0.3) is 0 Å². The van der Waals surface area contributed by atoms with Crippen LogP contribution in [-0.4, -0.2) is 53.2 Å². The van der Waals surface area contributed by atoms with E-state index in [9.17, 15) is 0 Å². The van der Waals surface area contributed by atoms with Crippen molar-refractivity contribution >= 4 is 33.6 Å². The molecule has 0 radical (unpaired) electrons. The van der Waals surface area contributed by atoms with E-state index in [2.05, 4.69) is 56.8 Å². The van der Waals surface area contributed by atoms with Crippen LogP contribution in [0.5, 0.6) is 5.75 Å². The van der Waals surface area contributed by atoms with Crippen LogP contribution in [0.3, 0.4) is 0 Å². The van der Waals surface area contributed by atoms with Gasteiger partial charge in [-0.2, -0.15) is 4.52 Å². The molecule has 1 fully saturated rings. The summed E-state index contributed by atoms with van der Waals surface area (Å²) in [6, 6.07) is 24.6. The second-order valence-electron chi connectivity index (χ2n) is 8.54. The molecule has 0 atom stereocenters. The summed E-state index contributed by atoms with van der Waals surface area (Å²) in [7, 11) is 1.67. The zero-order chi connectivity index (χ0) is 23.6. The Morgan fingerprint density at radius 3 is 2.37 bits per heavy atom. The number of nitrogens with zero attached hydrogens (tertiary/aromatic N) is 5. The monoisotopic (exact) mass is 466 g/mol. The Labute approximate surface area is 203 Å². The number of hydrogen-bond donors (Lipinski definition) is 1. The van der Waals surface area contributed by atoms with Crippen molar-refractivity contribution in [3.8, 4) is 5.75 Å². The first-order valence-corrected chi connectivity index (χ1v) is 11.7. The zero-order valence-electron chi connectivity index (χ0n) is 19.5. The van der Waals surface area contributed by atoms with Crippen molar-refractivity contribution in [3.63, 3.8) is 0 Å². The van der Waals surface area contributed by atoms with E-state index in [1.165, 1.54) is 5.69 Å². The lowest BCUT2D eigenvalue weighted by molar-refractivity contribution is 0.122. The van der Waals surface area contributed by atoms with Crippen molar-refractivity contribution in [2.45, 2.75) is 6.42 Å². The van der Waals surface area contributed by atoms with Gasteiger partial charge in [0, 0.05) is 41.7 Å². The highest BCUT2D eigenvalue weighted by Gasteiger charge is 2.15. The van der Waals surface area contributed by atoms with Gasteiger partial charge in [-0.25, -0.2) is 0 Å². The molecule has 0 spiro atoms. The lowest BCUT2D eigenvalue weighted by atomic mass is 10.1. The maximum atomic E-state index is 5.47. The summed E-state index contributed by atoms with van der Waals surface area (Å²) < 4.78 is 12.6. The maximum Gasteiger partial charge on any atom is 0.185 e. The molecule has 2 aromatic heterocycles. The first-order chi connectivity index (χ1) is 17.3. The molecule has 1 saturated heterocycles. The third-order valence-electron chi connectivity index (χ3n) is 6.36. The van der Waals surface area contributed by atoms with E-state index < -0.39 is 0 Å². The summed E-state index contributed by atoms with van der Waals surface area (Å²) in [5.41, 5.74) is 4.04. The van der Waals surface area contributed by atoms with Crippen LogP contribution in [-0.2, 0) is 11.2 Å². The van der Waals surface area contributed by atoms with E-state index in [-0.39, 0.29) is 0 Å². The normalized spacial score (nSPS) is 13.9. The molecular formula is C27H26N6O2. The average molecular weight is 467 g/mol. The van der Waals surface area contributed by atoms with Crippen LogP contribution >= 0.6 is 0 Å². The first kappa shape index (κ1) is 21.4. The second kappa shape index (κ2) is 9.23. The topological polar surface area (TPSA) is 76.8 Å². The van der Waals surface area contributed by atoms with Gasteiger partial charge in [0.1, 0.15) is 5.75 Å². The molecule has 0 unspecified atom stereocenters. The van der Waals surface area contributed by atoms with Gasteiger partial charge in [0.15, 0.2) is 17.3 Å². The summed E-state index contributed by atoms with van der Waals surface area (Å²) in [6.07, 6.45) is 0.615. The summed E-state index contributed by atoms with van der Waals surface area (Å²) in [6.45, 7) is 3.38. The predicted octanol–water partition coefficient (Wildman–Crippen LogP) is 4.46. The van der Waals surface area contributed by atoms with Crippen molar-refractivity contribution in [1.82, 2.24) is 19.8 Å². The van der Waals surface area contributed by atoms with Crippen molar-refractivity contribution in [3.05, 3.63) is 84.2 Å². The molecule has 1 N–H and O–H groups in total. The minimum absolute atomic E-state index is 0.615. The van der Waals surface area contributed by atoms with Crippen molar-refractivity contribution in [1.29, 1.82) is 0 Å². The Morgan fingerprint density at radius 2 is 1.63 bits per heavy atom. The molecule has 176 valence electrons. The quantitative estimate of drug-likeness (QED) is 0.396. The van der Waals surface area contributed by atoms with E-state index >= 15 is 0 Å². The molecule has 8 nitrogen and oxygen atoms in total. The van der Waals surface area contributed by atoms with Crippen LogP contribution in [0.4, 0.5) is 17.2 Å². The standard InChI is InChI=1S/C27H26N6O2/c1-34-22-12-6-19(7-13-22)18-25-29-30-27-24-5-3-2-4-23(24)26(31-33(25)27)28-20-8-10-21(11-9-20)32-14-16-35-17-15-32/h2-13H,14-18H2,1H3,(H,28,31). The molecular weight excluding hydrogens is 440 g/mol. The summed E-state index contributed by atoms with van der Waals surface area (Å²) >= 11 is 0. The van der Waals surface area contributed by atoms with E-state index in [4.69, 9.17) is 14.6 Å². The molecule has 6 rings (SSSR count). The largest absolute Gasteiger partial charge is 0.497 e. The third-order valence-corrected chi connectivity index (χ3v) is 6.36. The Hall–Kier alpha value is -4.17. The van der Waals surface area contributed by atoms with Gasteiger partial charge >= 0.3 is 0 Å². The van der Waals surface area contributed by atoms with Crippen LogP contribution in [0.1, 0.15) is 11.4 Å². The minimum Gasteiger partial charge on any atom is -0.497 e. The van der Waals surface area contributed by atoms with Crippen LogP contribution in [0.15, 0.2) is 72.8 Å². The average Bonchev–Trinajstić information content (AvgIpc) is 3.32. The minimum atomic E-state index is 0.615. The van der Waals surface area contributed by atoms with Crippen LogP contribution in [0.2, 0.25) is 0 Å². The van der Waals surface area contributed by atoms with E-state index in [1.807, 2.05) is 40.9 Å². The number of ether oxygens (including phenoxy) is 2. The highest BCUT2D eigenvalue weighted by Crippen LogP contribution is 2.29. The summed E-state index contributed by atoms with van der Waals surface area (Å²) in [5, 5.41) is 19.4. The van der Waals surface area contributed by atoms with Crippen LogP contribution in [0.25, 0.3) is 16.4 Å². The number of aromatic nitrogens is 4. The summed E-state index contributed by atoms with van der Waals surface area (Å²) in [4.78, 5) is 2.34. The van der Waals surface area contributed by atoms with Gasteiger partial charge < -0.3 is 19.7 Å². The fraction of sp³-hybridized carbons (Fsp3) is 0.222. The maximum absolute atomic E-state index is 5.47. The van der Waals surface area contributed by atoms with Crippen LogP contribution < -0.4 is 15.0 Å². The van der Waals surface area contributed by atoms with Gasteiger partial charge in [-0.3, -0.25) is 0 Å². The number of anilines is 3. The smallest absolute Gasteiger partial charge is 0.185 e. The number of morpholine rings is 1. The van der Waals surface area contributed by atoms with Gasteiger partial charge in [-0.05, 0) is 42.0 Å². The number of nitrogens with one attached hydrogen (secondary N) is 1. The Kier molecular flexibility index (Phi) is 5.64. The van der Waals surface area contributed by atoms with Crippen molar-refractivity contribution < 1.29 is 9.47 Å². The van der Waals surface area contributed by atoms with E-state index in [0.717, 1.165) is 71.4 Å². The molecule has 0 saturated carbocycles. The first-order valence-electron chi connectivity index (χ1n) is 11.7. The zero-order valence-corrected chi connectivity index (χ0v) is 19.5. The Bertz CT molecular complexity index is 1460. The van der Waals surface area contributed by atoms with E-state index in [1.54, 1.807) is 7.11 Å². The lowest BCUT2D eigenvalue weighted by Crippen LogP contribution is -2.36. The van der Waals surface area contributed by atoms with Crippen molar-refractivity contribution in [2.24, 2.45) is 0 Å². The molecule has 1 aliphatic heterocycles. The molecule has 3 heterocycles. The Morgan fingerprint density at radius 1 is 0.886 bits per heavy atom. The molecule has 35 heavy (non-hydrogen) atoms. The van der Waals surface area contributed by atoms with Gasteiger partial charge in [0.2, 0.25) is 0 Å². The number of methoxy groups -OCH3 is 1. The fourth-order valence-electron chi connectivity index (χ4n) is 4.47. The van der Waals surface area contributed by atoms with Crippen molar-refractivity contribution in [2.75, 3.05) is 43.6 Å². The van der Waals surface area contributed by atoms with Gasteiger partial charge in [-0.1, -0.05) is 36.4 Å². The molecule has 5 aromatic rings. The fourth-order valence-corrected chi connectivity index (χ4v) is 4.47. The van der Waals surface area contributed by atoms with E-state index in [0.29, 0.717) is 6.42 Å². The molecule has 0 amide bonds. The second-order valence-corrected chi connectivity index (χ2v) is 8.54. The molecule has 8 heteroatoms. The highest BCUT2D eigenvalue weighted by molar-refractivity contribution is 6.00. The third kappa shape index (κ3) is 4.24. The molecule has 0 bridgehead atoms. The lowest BCUT2D eigenvalue weighted by Gasteiger charge is -2.28. The SMILES string of the molecule is COc1ccc(Cc2nnc3c4ccccc4c(Nc4ccc(N5CCOCC5)cc4)nn23)cc1. The molecule has 1 aliphatic rings. The summed E-state index contributed by atoms with van der Waals surface area (Å²) in [5.74, 6) is 2.37. The molecule has 0 aliphatic carbocycles.